The highest BCUT2D eigenvalue weighted by atomic mass is 16.7. The van der Waals surface area contributed by atoms with Gasteiger partial charge in [-0.2, -0.15) is 0 Å². The van der Waals surface area contributed by atoms with Crippen LogP contribution in [0.2, 0.25) is 0 Å². The number of hydrogen-bond acceptors (Lipinski definition) is 5. The Morgan fingerprint density at radius 3 is 2.71 bits per heavy atom. The van der Waals surface area contributed by atoms with Gasteiger partial charge in [0, 0.05) is 6.92 Å². The van der Waals surface area contributed by atoms with Crippen LogP contribution in [0.1, 0.15) is 47.0 Å². The van der Waals surface area contributed by atoms with E-state index in [-0.39, 0.29) is 11.5 Å². The molecule has 0 amide bonds. The molecule has 3 rings (SSSR count). The van der Waals surface area contributed by atoms with Gasteiger partial charge in [0.2, 0.25) is 0 Å². The molecule has 3 fully saturated rings. The molecule has 17 heavy (non-hydrogen) atoms. The SMILES string of the molecule is CC(=O)ON1C2(C)CCC(CC2=NO)C1(C)C. The minimum absolute atomic E-state index is 0.215. The van der Waals surface area contributed by atoms with Crippen LogP contribution in [-0.2, 0) is 9.63 Å². The van der Waals surface area contributed by atoms with E-state index in [9.17, 15) is 4.79 Å². The number of carbonyl (C=O) groups excluding carboxylic acids is 1. The Kier molecular flexibility index (Phi) is 2.69. The lowest BCUT2D eigenvalue weighted by Gasteiger charge is -2.59. The highest BCUT2D eigenvalue weighted by Crippen LogP contribution is 2.50. The van der Waals surface area contributed by atoms with Gasteiger partial charge in [-0.25, -0.2) is 0 Å². The number of hydrogen-bond donors (Lipinski definition) is 1. The van der Waals surface area contributed by atoms with Crippen molar-refractivity contribution in [3.8, 4) is 0 Å². The highest BCUT2D eigenvalue weighted by Gasteiger charge is 2.59. The van der Waals surface area contributed by atoms with Crippen LogP contribution in [0.25, 0.3) is 0 Å². The van der Waals surface area contributed by atoms with Gasteiger partial charge in [0.25, 0.3) is 0 Å². The lowest BCUT2D eigenvalue weighted by Crippen LogP contribution is -2.71. The number of piperidine rings is 2. The fourth-order valence-electron chi connectivity index (χ4n) is 3.27. The van der Waals surface area contributed by atoms with Crippen molar-refractivity contribution < 1.29 is 14.8 Å². The quantitative estimate of drug-likeness (QED) is 0.562. The van der Waals surface area contributed by atoms with E-state index in [1.807, 2.05) is 6.92 Å². The van der Waals surface area contributed by atoms with Gasteiger partial charge in [-0.3, -0.25) is 4.79 Å². The first kappa shape index (κ1) is 12.4. The Morgan fingerprint density at radius 1 is 1.53 bits per heavy atom. The Labute approximate surface area is 101 Å². The molecule has 0 spiro atoms. The van der Waals surface area contributed by atoms with Crippen molar-refractivity contribution >= 4 is 11.7 Å². The smallest absolute Gasteiger partial charge is 0.322 e. The highest BCUT2D eigenvalue weighted by molar-refractivity contribution is 5.94. The van der Waals surface area contributed by atoms with E-state index in [1.165, 1.54) is 6.92 Å². The topological polar surface area (TPSA) is 62.1 Å². The van der Waals surface area contributed by atoms with Crippen molar-refractivity contribution in [3.63, 3.8) is 0 Å². The predicted octanol–water partition coefficient (Wildman–Crippen LogP) is 1.95. The van der Waals surface area contributed by atoms with Gasteiger partial charge in [0.15, 0.2) is 0 Å². The van der Waals surface area contributed by atoms with Crippen LogP contribution < -0.4 is 0 Å². The maximum Gasteiger partial charge on any atom is 0.322 e. The second kappa shape index (κ2) is 3.70. The van der Waals surface area contributed by atoms with Crippen molar-refractivity contribution in [2.45, 2.75) is 58.0 Å². The second-order valence-electron chi connectivity index (χ2n) is 5.79. The molecule has 5 heteroatoms. The summed E-state index contributed by atoms with van der Waals surface area (Å²) >= 11 is 0. The number of nitrogens with zero attached hydrogens (tertiary/aromatic N) is 2. The van der Waals surface area contributed by atoms with Crippen molar-refractivity contribution in [2.75, 3.05) is 0 Å². The zero-order valence-corrected chi connectivity index (χ0v) is 10.9. The molecule has 1 N–H and O–H groups in total. The molecular weight excluding hydrogens is 220 g/mol. The monoisotopic (exact) mass is 240 g/mol. The molecule has 5 nitrogen and oxygen atoms in total. The molecule has 0 radical (unpaired) electrons. The Balaban J connectivity index is 2.42. The summed E-state index contributed by atoms with van der Waals surface area (Å²) in [4.78, 5) is 16.6. The summed E-state index contributed by atoms with van der Waals surface area (Å²) in [5, 5.41) is 14.3. The summed E-state index contributed by atoms with van der Waals surface area (Å²) < 4.78 is 0. The average Bonchev–Trinajstić information content (AvgIpc) is 2.23. The number of oxime groups is 1. The van der Waals surface area contributed by atoms with Gasteiger partial charge in [-0.15, -0.1) is 5.06 Å². The van der Waals surface area contributed by atoms with Crippen LogP contribution in [0.5, 0.6) is 0 Å². The largest absolute Gasteiger partial charge is 0.411 e. The maximum atomic E-state index is 11.2. The van der Waals surface area contributed by atoms with Crippen molar-refractivity contribution in [1.82, 2.24) is 5.06 Å². The summed E-state index contributed by atoms with van der Waals surface area (Å²) in [6.07, 6.45) is 2.70. The number of rotatable bonds is 1. The molecule has 0 aromatic rings. The Bertz CT molecular complexity index is 378. The fraction of sp³-hybridized carbons (Fsp3) is 0.833. The molecule has 2 aliphatic heterocycles. The average molecular weight is 240 g/mol. The van der Waals surface area contributed by atoms with Gasteiger partial charge >= 0.3 is 5.97 Å². The normalized spacial score (nSPS) is 38.4. The lowest BCUT2D eigenvalue weighted by molar-refractivity contribution is -0.272. The van der Waals surface area contributed by atoms with Gasteiger partial charge in [0.1, 0.15) is 0 Å². The maximum absolute atomic E-state index is 11.2. The minimum Gasteiger partial charge on any atom is -0.411 e. The first-order valence-electron chi connectivity index (χ1n) is 6.02. The molecule has 0 aromatic heterocycles. The van der Waals surface area contributed by atoms with Gasteiger partial charge in [-0.1, -0.05) is 5.16 Å². The number of carbonyl (C=O) groups is 1. The third-order valence-electron chi connectivity index (χ3n) is 4.35. The predicted molar refractivity (Wildman–Crippen MR) is 62.7 cm³/mol. The molecule has 96 valence electrons. The molecule has 0 aromatic carbocycles. The van der Waals surface area contributed by atoms with Crippen LogP contribution in [0.3, 0.4) is 0 Å². The Morgan fingerprint density at radius 2 is 2.18 bits per heavy atom. The summed E-state index contributed by atoms with van der Waals surface area (Å²) in [6, 6.07) is 0. The summed E-state index contributed by atoms with van der Waals surface area (Å²) in [6.45, 7) is 7.53. The van der Waals surface area contributed by atoms with E-state index in [4.69, 9.17) is 10.0 Å². The van der Waals surface area contributed by atoms with Crippen molar-refractivity contribution in [3.05, 3.63) is 0 Å². The van der Waals surface area contributed by atoms with Crippen LogP contribution in [0.4, 0.5) is 0 Å². The van der Waals surface area contributed by atoms with Crippen molar-refractivity contribution in [2.24, 2.45) is 11.1 Å². The molecule has 2 saturated heterocycles. The van der Waals surface area contributed by atoms with E-state index in [2.05, 4.69) is 19.0 Å². The third kappa shape index (κ3) is 1.64. The Hall–Kier alpha value is -1.10. The summed E-state index contributed by atoms with van der Waals surface area (Å²) in [5.74, 6) is 0.0266. The first-order valence-corrected chi connectivity index (χ1v) is 6.02. The second-order valence-corrected chi connectivity index (χ2v) is 5.79. The molecule has 2 bridgehead atoms. The van der Waals surface area contributed by atoms with E-state index in [0.29, 0.717) is 11.6 Å². The molecule has 1 saturated carbocycles. The van der Waals surface area contributed by atoms with Gasteiger partial charge < -0.3 is 10.0 Å². The zero-order chi connectivity index (χ0) is 12.8. The summed E-state index contributed by atoms with van der Waals surface area (Å²) in [5.41, 5.74) is 0.0280. The van der Waals surface area contributed by atoms with Crippen LogP contribution in [0, 0.1) is 5.92 Å². The number of fused-ring (bicyclic) bond motifs is 3. The van der Waals surface area contributed by atoms with Gasteiger partial charge in [-0.05, 0) is 46.0 Å². The fourth-order valence-corrected chi connectivity index (χ4v) is 3.27. The number of hydroxylamine groups is 2. The van der Waals surface area contributed by atoms with Crippen LogP contribution >= 0.6 is 0 Å². The molecule has 1 aliphatic carbocycles. The van der Waals surface area contributed by atoms with Gasteiger partial charge in [0.05, 0.1) is 16.8 Å². The van der Waals surface area contributed by atoms with Crippen molar-refractivity contribution in [1.29, 1.82) is 0 Å². The molecule has 3 aliphatic rings. The molecule has 2 unspecified atom stereocenters. The summed E-state index contributed by atoms with van der Waals surface area (Å²) in [7, 11) is 0. The molecule has 2 heterocycles. The van der Waals surface area contributed by atoms with E-state index >= 15 is 0 Å². The lowest BCUT2D eigenvalue weighted by atomic mass is 9.63. The van der Waals surface area contributed by atoms with Crippen LogP contribution in [-0.4, -0.2) is 33.0 Å². The standard InChI is InChI=1S/C12H20N2O3/c1-8(15)17-14-11(2,3)9-5-6-12(14,4)10(7-9)13-16/h9,16H,5-7H2,1-4H3. The first-order chi connectivity index (χ1) is 7.82. The third-order valence-corrected chi connectivity index (χ3v) is 4.35. The minimum atomic E-state index is -0.474. The van der Waals surface area contributed by atoms with E-state index in [1.54, 1.807) is 5.06 Å². The van der Waals surface area contributed by atoms with E-state index in [0.717, 1.165) is 19.3 Å². The van der Waals surface area contributed by atoms with E-state index < -0.39 is 5.54 Å². The molecular formula is C12H20N2O3. The zero-order valence-electron chi connectivity index (χ0n) is 10.9. The van der Waals surface area contributed by atoms with Crippen LogP contribution in [0.15, 0.2) is 5.16 Å². The molecule has 2 atom stereocenters.